The van der Waals surface area contributed by atoms with Gasteiger partial charge in [0.2, 0.25) is 0 Å². The van der Waals surface area contributed by atoms with E-state index < -0.39 is 0 Å². The molecule has 0 saturated carbocycles. The zero-order chi connectivity index (χ0) is 11.4. The molecule has 0 aliphatic heterocycles. The third kappa shape index (κ3) is 2.87. The zero-order valence-corrected chi connectivity index (χ0v) is 9.11. The Kier molecular flexibility index (Phi) is 3.26. The highest BCUT2D eigenvalue weighted by Gasteiger charge is 2.08. The SMILES string of the molecule is O=C(Cc1ccc(Cl)cc1)Cc1nn[nH]n1. The normalized spacial score (nSPS) is 10.3. The summed E-state index contributed by atoms with van der Waals surface area (Å²) in [6, 6.07) is 7.18. The number of carbonyl (C=O) groups is 1. The topological polar surface area (TPSA) is 71.5 Å². The Labute approximate surface area is 96.8 Å². The molecule has 1 aromatic heterocycles. The van der Waals surface area contributed by atoms with E-state index in [-0.39, 0.29) is 12.2 Å². The van der Waals surface area contributed by atoms with Gasteiger partial charge in [-0.2, -0.15) is 5.21 Å². The first-order chi connectivity index (χ1) is 7.74. The minimum Gasteiger partial charge on any atom is -0.299 e. The fraction of sp³-hybridized carbons (Fsp3) is 0.200. The van der Waals surface area contributed by atoms with E-state index in [0.29, 0.717) is 17.3 Å². The molecule has 0 fully saturated rings. The molecule has 0 bridgehead atoms. The van der Waals surface area contributed by atoms with Gasteiger partial charge < -0.3 is 0 Å². The summed E-state index contributed by atoms with van der Waals surface area (Å²) in [6.07, 6.45) is 0.546. The van der Waals surface area contributed by atoms with Crippen molar-refractivity contribution in [1.29, 1.82) is 0 Å². The van der Waals surface area contributed by atoms with Crippen molar-refractivity contribution in [2.75, 3.05) is 0 Å². The van der Waals surface area contributed by atoms with E-state index in [1.165, 1.54) is 0 Å². The van der Waals surface area contributed by atoms with Gasteiger partial charge in [0.1, 0.15) is 5.78 Å². The molecular weight excluding hydrogens is 228 g/mol. The predicted molar refractivity (Wildman–Crippen MR) is 58.0 cm³/mol. The van der Waals surface area contributed by atoms with Gasteiger partial charge >= 0.3 is 0 Å². The molecule has 0 atom stereocenters. The van der Waals surface area contributed by atoms with Crippen molar-refractivity contribution in [2.24, 2.45) is 0 Å². The third-order valence-corrected chi connectivity index (χ3v) is 2.31. The van der Waals surface area contributed by atoms with Gasteiger partial charge in [-0.05, 0) is 17.7 Å². The summed E-state index contributed by atoms with van der Waals surface area (Å²) >= 11 is 5.75. The summed E-state index contributed by atoms with van der Waals surface area (Å²) in [4.78, 5) is 11.6. The van der Waals surface area contributed by atoms with Crippen LogP contribution >= 0.6 is 11.6 Å². The second kappa shape index (κ2) is 4.85. The number of Topliss-reactive ketones (excluding diaryl/α,β-unsaturated/α-hetero) is 1. The quantitative estimate of drug-likeness (QED) is 0.866. The molecule has 0 saturated heterocycles. The molecule has 82 valence electrons. The number of nitrogens with zero attached hydrogens (tertiary/aromatic N) is 3. The van der Waals surface area contributed by atoms with E-state index in [4.69, 9.17) is 11.6 Å². The first-order valence-corrected chi connectivity index (χ1v) is 5.10. The van der Waals surface area contributed by atoms with Crippen LogP contribution in [0.15, 0.2) is 24.3 Å². The van der Waals surface area contributed by atoms with Crippen LogP contribution in [-0.4, -0.2) is 26.4 Å². The van der Waals surface area contributed by atoms with Gasteiger partial charge in [0.05, 0.1) is 6.42 Å². The standard InChI is InChI=1S/C10H9ClN4O/c11-8-3-1-7(2-4-8)5-9(16)6-10-12-14-15-13-10/h1-4H,5-6H2,(H,12,13,14,15). The number of ketones is 1. The molecule has 2 rings (SSSR count). The van der Waals surface area contributed by atoms with E-state index in [2.05, 4.69) is 20.6 Å². The van der Waals surface area contributed by atoms with Crippen molar-refractivity contribution in [2.45, 2.75) is 12.8 Å². The molecule has 0 amide bonds. The summed E-state index contributed by atoms with van der Waals surface area (Å²) in [5.41, 5.74) is 0.929. The number of nitrogens with one attached hydrogen (secondary N) is 1. The van der Waals surface area contributed by atoms with Gasteiger partial charge in [-0.3, -0.25) is 4.79 Å². The molecule has 6 heteroatoms. The fourth-order valence-electron chi connectivity index (χ4n) is 1.33. The van der Waals surface area contributed by atoms with Gasteiger partial charge in [0.25, 0.3) is 0 Å². The van der Waals surface area contributed by atoms with Crippen molar-refractivity contribution in [1.82, 2.24) is 20.6 Å². The number of carbonyl (C=O) groups excluding carboxylic acids is 1. The monoisotopic (exact) mass is 236 g/mol. The highest BCUT2D eigenvalue weighted by molar-refractivity contribution is 6.30. The van der Waals surface area contributed by atoms with Gasteiger partial charge in [-0.1, -0.05) is 28.9 Å². The van der Waals surface area contributed by atoms with Crippen LogP contribution in [0.25, 0.3) is 0 Å². The number of tetrazole rings is 1. The van der Waals surface area contributed by atoms with Gasteiger partial charge in [-0.25, -0.2) is 0 Å². The third-order valence-electron chi connectivity index (χ3n) is 2.06. The molecule has 5 nitrogen and oxygen atoms in total. The summed E-state index contributed by atoms with van der Waals surface area (Å²) in [5, 5.41) is 13.8. The van der Waals surface area contributed by atoms with Crippen LogP contribution in [0.5, 0.6) is 0 Å². The van der Waals surface area contributed by atoms with Crippen LogP contribution in [0.2, 0.25) is 5.02 Å². The lowest BCUT2D eigenvalue weighted by molar-refractivity contribution is -0.117. The molecule has 1 N–H and O–H groups in total. The fourth-order valence-corrected chi connectivity index (χ4v) is 1.45. The molecule has 1 aromatic carbocycles. The van der Waals surface area contributed by atoms with Crippen LogP contribution in [0.4, 0.5) is 0 Å². The van der Waals surface area contributed by atoms with E-state index in [1.54, 1.807) is 12.1 Å². The second-order valence-electron chi connectivity index (χ2n) is 3.35. The summed E-state index contributed by atoms with van der Waals surface area (Å²) in [7, 11) is 0. The number of benzene rings is 1. The highest BCUT2D eigenvalue weighted by atomic mass is 35.5. The van der Waals surface area contributed by atoms with E-state index in [0.717, 1.165) is 5.56 Å². The first-order valence-electron chi connectivity index (χ1n) is 4.72. The minimum absolute atomic E-state index is 0.0451. The highest BCUT2D eigenvalue weighted by Crippen LogP contribution is 2.10. The summed E-state index contributed by atoms with van der Waals surface area (Å²) in [5.74, 6) is 0.461. The molecule has 1 heterocycles. The van der Waals surface area contributed by atoms with Crippen LogP contribution in [-0.2, 0) is 17.6 Å². The number of H-pyrrole nitrogens is 1. The van der Waals surface area contributed by atoms with Crippen LogP contribution in [0, 0.1) is 0 Å². The maximum absolute atomic E-state index is 11.6. The largest absolute Gasteiger partial charge is 0.299 e. The zero-order valence-electron chi connectivity index (χ0n) is 8.35. The van der Waals surface area contributed by atoms with E-state index >= 15 is 0 Å². The van der Waals surface area contributed by atoms with Gasteiger partial charge in [0, 0.05) is 11.4 Å². The Hall–Kier alpha value is -1.75. The smallest absolute Gasteiger partial charge is 0.181 e. The lowest BCUT2D eigenvalue weighted by Crippen LogP contribution is -2.07. The van der Waals surface area contributed by atoms with Crippen molar-refractivity contribution in [3.63, 3.8) is 0 Å². The number of hydrogen-bond acceptors (Lipinski definition) is 4. The van der Waals surface area contributed by atoms with Crippen molar-refractivity contribution in [3.8, 4) is 0 Å². The summed E-state index contributed by atoms with van der Waals surface area (Å²) < 4.78 is 0. The predicted octanol–water partition coefficient (Wildman–Crippen LogP) is 1.21. The van der Waals surface area contributed by atoms with Crippen molar-refractivity contribution >= 4 is 17.4 Å². The van der Waals surface area contributed by atoms with Crippen molar-refractivity contribution in [3.05, 3.63) is 40.7 Å². The molecule has 0 unspecified atom stereocenters. The Morgan fingerprint density at radius 1 is 1.25 bits per heavy atom. The van der Waals surface area contributed by atoms with Crippen LogP contribution < -0.4 is 0 Å². The summed E-state index contributed by atoms with van der Waals surface area (Å²) in [6.45, 7) is 0. The Bertz CT molecular complexity index is 466. The minimum atomic E-state index is 0.0451. The van der Waals surface area contributed by atoms with Crippen LogP contribution in [0.1, 0.15) is 11.4 Å². The van der Waals surface area contributed by atoms with E-state index in [9.17, 15) is 4.79 Å². The Morgan fingerprint density at radius 3 is 2.62 bits per heavy atom. The molecule has 16 heavy (non-hydrogen) atoms. The maximum atomic E-state index is 11.6. The Morgan fingerprint density at radius 2 is 2.00 bits per heavy atom. The number of halogens is 1. The molecular formula is C10H9ClN4O. The molecule has 0 aliphatic carbocycles. The molecule has 0 aliphatic rings. The van der Waals surface area contributed by atoms with Gasteiger partial charge in [-0.15, -0.1) is 10.2 Å². The maximum Gasteiger partial charge on any atom is 0.181 e. The molecule has 0 radical (unpaired) electrons. The molecule has 2 aromatic rings. The average Bonchev–Trinajstić information content (AvgIpc) is 2.74. The number of rotatable bonds is 4. The Balaban J connectivity index is 1.95. The van der Waals surface area contributed by atoms with E-state index in [1.807, 2.05) is 12.1 Å². The number of hydrogen-bond donors (Lipinski definition) is 1. The number of aromatic amines is 1. The average molecular weight is 237 g/mol. The van der Waals surface area contributed by atoms with Gasteiger partial charge in [0.15, 0.2) is 5.82 Å². The lowest BCUT2D eigenvalue weighted by atomic mass is 10.1. The lowest BCUT2D eigenvalue weighted by Gasteiger charge is -1.99. The van der Waals surface area contributed by atoms with Crippen LogP contribution in [0.3, 0.4) is 0 Å². The first kappa shape index (κ1) is 10.8. The number of aromatic nitrogens is 4. The molecule has 0 spiro atoms. The second-order valence-corrected chi connectivity index (χ2v) is 3.78. The van der Waals surface area contributed by atoms with Crippen molar-refractivity contribution < 1.29 is 4.79 Å².